The minimum Gasteiger partial charge on any atom is -0.381 e. The van der Waals surface area contributed by atoms with Crippen LogP contribution in [0.15, 0.2) is 61.2 Å². The molecular weight excluding hydrogens is 242 g/mol. The molecule has 0 spiro atoms. The topological polar surface area (TPSA) is 12.0 Å². The van der Waals surface area contributed by atoms with Crippen LogP contribution in [-0.4, -0.2) is 0 Å². The predicted molar refractivity (Wildman–Crippen MR) is 79.1 cm³/mol. The van der Waals surface area contributed by atoms with Gasteiger partial charge in [0.05, 0.1) is 0 Å². The summed E-state index contributed by atoms with van der Waals surface area (Å²) in [5.74, 6) is 0. The Morgan fingerprint density at radius 2 is 1.83 bits per heavy atom. The first-order chi connectivity index (χ1) is 8.79. The molecule has 0 saturated heterocycles. The van der Waals surface area contributed by atoms with Gasteiger partial charge in [0.2, 0.25) is 0 Å². The van der Waals surface area contributed by atoms with E-state index < -0.39 is 0 Å². The van der Waals surface area contributed by atoms with Crippen LogP contribution in [0.1, 0.15) is 11.1 Å². The van der Waals surface area contributed by atoms with Crippen LogP contribution < -0.4 is 5.32 Å². The fraction of sp³-hybridized carbons (Fsp3) is 0.125. The third-order valence-corrected chi connectivity index (χ3v) is 3.02. The van der Waals surface area contributed by atoms with Crippen LogP contribution in [0.5, 0.6) is 0 Å². The first kappa shape index (κ1) is 12.7. The van der Waals surface area contributed by atoms with Crippen LogP contribution in [0.4, 0.5) is 5.69 Å². The molecule has 0 fully saturated rings. The summed E-state index contributed by atoms with van der Waals surface area (Å²) in [6.45, 7) is 4.56. The Hall–Kier alpha value is -1.73. The number of hydrogen-bond acceptors (Lipinski definition) is 1. The molecular formula is C16H16ClN. The van der Waals surface area contributed by atoms with Gasteiger partial charge in [-0.15, -0.1) is 6.58 Å². The van der Waals surface area contributed by atoms with Crippen LogP contribution in [-0.2, 0) is 13.0 Å². The van der Waals surface area contributed by atoms with Crippen molar-refractivity contribution >= 4 is 17.3 Å². The Kier molecular flexibility index (Phi) is 4.43. The number of allylic oxidation sites excluding steroid dienone is 1. The van der Waals surface area contributed by atoms with Gasteiger partial charge in [-0.25, -0.2) is 0 Å². The molecule has 0 saturated carbocycles. The Labute approximate surface area is 113 Å². The van der Waals surface area contributed by atoms with Gasteiger partial charge in [0.15, 0.2) is 0 Å². The van der Waals surface area contributed by atoms with E-state index in [-0.39, 0.29) is 0 Å². The van der Waals surface area contributed by atoms with E-state index >= 15 is 0 Å². The van der Waals surface area contributed by atoms with E-state index in [1.807, 2.05) is 36.4 Å². The van der Waals surface area contributed by atoms with E-state index in [9.17, 15) is 0 Å². The molecule has 0 aliphatic rings. The van der Waals surface area contributed by atoms with E-state index in [2.05, 4.69) is 30.1 Å². The highest BCUT2D eigenvalue weighted by molar-refractivity contribution is 6.30. The molecule has 0 bridgehead atoms. The number of halogens is 1. The summed E-state index contributed by atoms with van der Waals surface area (Å²) in [5.41, 5.74) is 3.59. The molecule has 2 aromatic carbocycles. The van der Waals surface area contributed by atoms with Crippen molar-refractivity contribution in [3.05, 3.63) is 77.3 Å². The molecule has 18 heavy (non-hydrogen) atoms. The predicted octanol–water partition coefficient (Wildman–Crippen LogP) is 4.68. The van der Waals surface area contributed by atoms with Gasteiger partial charge in [-0.3, -0.25) is 0 Å². The Morgan fingerprint density at radius 1 is 1.06 bits per heavy atom. The van der Waals surface area contributed by atoms with Crippen molar-refractivity contribution in [1.29, 1.82) is 0 Å². The quantitative estimate of drug-likeness (QED) is 0.767. The molecule has 0 unspecified atom stereocenters. The van der Waals surface area contributed by atoms with Gasteiger partial charge in [-0.05, 0) is 41.8 Å². The minimum atomic E-state index is 0.771. The highest BCUT2D eigenvalue weighted by Gasteiger charge is 2.02. The first-order valence-electron chi connectivity index (χ1n) is 5.96. The minimum absolute atomic E-state index is 0.771. The van der Waals surface area contributed by atoms with Gasteiger partial charge in [0.1, 0.15) is 0 Å². The van der Waals surface area contributed by atoms with E-state index in [0.29, 0.717) is 0 Å². The molecule has 2 heteroatoms. The highest BCUT2D eigenvalue weighted by atomic mass is 35.5. The molecule has 92 valence electrons. The Morgan fingerprint density at radius 3 is 2.56 bits per heavy atom. The summed E-state index contributed by atoms with van der Waals surface area (Å²) in [6, 6.07) is 16.1. The van der Waals surface area contributed by atoms with Crippen LogP contribution >= 0.6 is 11.6 Å². The van der Waals surface area contributed by atoms with Gasteiger partial charge in [0, 0.05) is 17.3 Å². The van der Waals surface area contributed by atoms with Crippen molar-refractivity contribution in [2.75, 3.05) is 5.32 Å². The second kappa shape index (κ2) is 6.27. The lowest BCUT2D eigenvalue weighted by Crippen LogP contribution is -2.02. The smallest absolute Gasteiger partial charge is 0.0409 e. The molecule has 2 rings (SSSR count). The number of benzene rings is 2. The summed E-state index contributed by atoms with van der Waals surface area (Å²) < 4.78 is 0. The Bertz CT molecular complexity index is 520. The van der Waals surface area contributed by atoms with Crippen molar-refractivity contribution in [1.82, 2.24) is 0 Å². The van der Waals surface area contributed by atoms with Crippen LogP contribution in [0.3, 0.4) is 0 Å². The third-order valence-electron chi connectivity index (χ3n) is 2.79. The van der Waals surface area contributed by atoms with Crippen molar-refractivity contribution in [3.63, 3.8) is 0 Å². The lowest BCUT2D eigenvalue weighted by atomic mass is 10.0. The van der Waals surface area contributed by atoms with E-state index in [1.165, 1.54) is 11.1 Å². The largest absolute Gasteiger partial charge is 0.381 e. The van der Waals surface area contributed by atoms with E-state index in [4.69, 9.17) is 11.6 Å². The van der Waals surface area contributed by atoms with Crippen LogP contribution in [0, 0.1) is 0 Å². The molecule has 0 aliphatic carbocycles. The van der Waals surface area contributed by atoms with Gasteiger partial charge >= 0.3 is 0 Å². The fourth-order valence-corrected chi connectivity index (χ4v) is 2.06. The second-order valence-electron chi connectivity index (χ2n) is 4.13. The lowest BCUT2D eigenvalue weighted by Gasteiger charge is -2.11. The lowest BCUT2D eigenvalue weighted by molar-refractivity contribution is 1.09. The molecule has 2 aromatic rings. The first-order valence-corrected chi connectivity index (χ1v) is 6.34. The zero-order valence-electron chi connectivity index (χ0n) is 10.2. The molecule has 1 nitrogen and oxygen atoms in total. The molecule has 0 aromatic heterocycles. The highest BCUT2D eigenvalue weighted by Crippen LogP contribution is 2.18. The summed E-state index contributed by atoms with van der Waals surface area (Å²) in [4.78, 5) is 0. The summed E-state index contributed by atoms with van der Waals surface area (Å²) in [5, 5.41) is 4.17. The summed E-state index contributed by atoms with van der Waals surface area (Å²) in [7, 11) is 0. The molecule has 0 heterocycles. The molecule has 0 radical (unpaired) electrons. The number of anilines is 1. The number of nitrogens with one attached hydrogen (secondary N) is 1. The Balaban J connectivity index is 2.12. The maximum atomic E-state index is 6.05. The fourth-order valence-electron chi connectivity index (χ4n) is 1.87. The van der Waals surface area contributed by atoms with Gasteiger partial charge in [-0.2, -0.15) is 0 Å². The number of para-hydroxylation sites is 1. The van der Waals surface area contributed by atoms with Crippen molar-refractivity contribution in [3.8, 4) is 0 Å². The molecule has 0 atom stereocenters. The van der Waals surface area contributed by atoms with Crippen molar-refractivity contribution < 1.29 is 0 Å². The van der Waals surface area contributed by atoms with E-state index in [0.717, 1.165) is 23.7 Å². The number of rotatable bonds is 5. The van der Waals surface area contributed by atoms with Crippen LogP contribution in [0.2, 0.25) is 5.02 Å². The average molecular weight is 258 g/mol. The molecule has 1 N–H and O–H groups in total. The van der Waals surface area contributed by atoms with E-state index in [1.54, 1.807) is 0 Å². The van der Waals surface area contributed by atoms with Gasteiger partial charge < -0.3 is 5.32 Å². The monoisotopic (exact) mass is 257 g/mol. The third kappa shape index (κ3) is 3.38. The molecule has 0 aliphatic heterocycles. The maximum Gasteiger partial charge on any atom is 0.0409 e. The zero-order chi connectivity index (χ0) is 12.8. The normalized spacial score (nSPS) is 10.1. The number of hydrogen-bond donors (Lipinski definition) is 1. The van der Waals surface area contributed by atoms with Gasteiger partial charge in [0.25, 0.3) is 0 Å². The average Bonchev–Trinajstić information content (AvgIpc) is 2.40. The summed E-state index contributed by atoms with van der Waals surface area (Å²) in [6.07, 6.45) is 2.78. The maximum absolute atomic E-state index is 6.05. The van der Waals surface area contributed by atoms with Crippen molar-refractivity contribution in [2.24, 2.45) is 0 Å². The second-order valence-corrected chi connectivity index (χ2v) is 4.56. The van der Waals surface area contributed by atoms with Crippen molar-refractivity contribution in [2.45, 2.75) is 13.0 Å². The zero-order valence-corrected chi connectivity index (χ0v) is 11.0. The SMILES string of the molecule is C=CCc1ccc(Cl)cc1CNc1ccccc1. The standard InChI is InChI=1S/C16H16ClN/c1-2-6-13-9-10-15(17)11-14(13)12-18-16-7-4-3-5-8-16/h2-5,7-11,18H,1,6,12H2. The van der Waals surface area contributed by atoms with Gasteiger partial charge in [-0.1, -0.05) is 41.9 Å². The molecule has 0 amide bonds. The summed E-state index contributed by atoms with van der Waals surface area (Å²) >= 11 is 6.05. The van der Waals surface area contributed by atoms with Crippen LogP contribution in [0.25, 0.3) is 0 Å².